The number of piperidine rings is 2. The molecule has 4 aromatic carbocycles. The van der Waals surface area contributed by atoms with Crippen molar-refractivity contribution in [2.45, 2.75) is 101 Å². The second-order valence-corrected chi connectivity index (χ2v) is 18.4. The van der Waals surface area contributed by atoms with Crippen LogP contribution in [0, 0.1) is 11.6 Å². The zero-order valence-electron chi connectivity index (χ0n) is 38.2. The molecule has 0 bridgehead atoms. The quantitative estimate of drug-likeness (QED) is 0.0497. The predicted molar refractivity (Wildman–Crippen MR) is 253 cm³/mol. The van der Waals surface area contributed by atoms with E-state index in [1.54, 1.807) is 4.68 Å². The first-order valence-corrected chi connectivity index (χ1v) is 23.7. The minimum atomic E-state index is -1.07. The number of aromatic nitrogens is 2. The van der Waals surface area contributed by atoms with Gasteiger partial charge in [-0.1, -0.05) is 74.5 Å². The number of carbonyl (C=O) groups excluding carboxylic acids is 4. The number of unbranched alkanes of at least 4 members (excludes halogenated alkanes) is 5. The van der Waals surface area contributed by atoms with E-state index in [1.807, 2.05) is 61.3 Å². The van der Waals surface area contributed by atoms with E-state index in [9.17, 15) is 19.2 Å². The number of aryl methyl sites for hydroxylation is 1. The Hall–Kier alpha value is -6.06. The molecule has 3 aliphatic rings. The van der Waals surface area contributed by atoms with Crippen LogP contribution in [0.5, 0.6) is 11.5 Å². The van der Waals surface area contributed by atoms with Crippen molar-refractivity contribution in [1.82, 2.24) is 25.3 Å². The van der Waals surface area contributed by atoms with Crippen molar-refractivity contribution in [3.63, 3.8) is 0 Å². The van der Waals surface area contributed by atoms with E-state index in [2.05, 4.69) is 27.1 Å². The van der Waals surface area contributed by atoms with E-state index >= 15 is 8.78 Å². The number of methoxy groups -OCH3 is 1. The summed E-state index contributed by atoms with van der Waals surface area (Å²) in [5.74, 6) is -3.87. The molecule has 8 rings (SSSR count). The van der Waals surface area contributed by atoms with Gasteiger partial charge in [0.15, 0.2) is 17.2 Å². The number of fused-ring (bicyclic) bond motifs is 2. The largest absolute Gasteiger partial charge is 0.494 e. The Morgan fingerprint density at radius 1 is 0.970 bits per heavy atom. The van der Waals surface area contributed by atoms with Crippen molar-refractivity contribution in [3.05, 3.63) is 106 Å². The zero-order valence-corrected chi connectivity index (χ0v) is 38.9. The minimum absolute atomic E-state index is 0.00552. The summed E-state index contributed by atoms with van der Waals surface area (Å²) in [4.78, 5) is 52.0. The highest BCUT2D eigenvalue weighted by molar-refractivity contribution is 6.34. The number of ether oxygens (including phenoxy) is 2. The van der Waals surface area contributed by atoms with E-state index in [4.69, 9.17) is 26.8 Å². The molecule has 13 nitrogen and oxygen atoms in total. The number of carbonyl (C=O) groups is 4. The first-order chi connectivity index (χ1) is 32.3. The third-order valence-electron chi connectivity index (χ3n) is 13.8. The highest BCUT2D eigenvalue weighted by atomic mass is 35.5. The number of halogens is 3. The van der Waals surface area contributed by atoms with Gasteiger partial charge in [-0.3, -0.25) is 29.2 Å². The summed E-state index contributed by atoms with van der Waals surface area (Å²) in [6, 6.07) is 19.6. The van der Waals surface area contributed by atoms with Gasteiger partial charge in [0, 0.05) is 91.9 Å². The summed E-state index contributed by atoms with van der Waals surface area (Å²) in [5.41, 5.74) is 8.14. The number of benzene rings is 4. The number of hydrogen-bond donors (Lipinski definition) is 4. The lowest BCUT2D eigenvalue weighted by Crippen LogP contribution is -2.50. The molecule has 16 heteroatoms. The topological polar surface area (TPSA) is 170 Å². The Labute approximate surface area is 394 Å². The number of amides is 4. The Morgan fingerprint density at radius 3 is 2.42 bits per heavy atom. The molecular formula is C51H58ClF2N7O6. The fourth-order valence-electron chi connectivity index (χ4n) is 10.1. The molecular weight excluding hydrogens is 880 g/mol. The number of hydrogen-bond acceptors (Lipinski definition) is 9. The number of anilines is 1. The van der Waals surface area contributed by atoms with Gasteiger partial charge in [-0.2, -0.15) is 5.10 Å². The number of rotatable bonds is 18. The van der Waals surface area contributed by atoms with Gasteiger partial charge in [-0.25, -0.2) is 8.78 Å². The molecule has 0 spiro atoms. The maximum Gasteiger partial charge on any atom is 0.249 e. The van der Waals surface area contributed by atoms with Crippen LogP contribution in [0.2, 0.25) is 5.02 Å². The summed E-state index contributed by atoms with van der Waals surface area (Å²) < 4.78 is 45.6. The van der Waals surface area contributed by atoms with Crippen LogP contribution >= 0.6 is 11.6 Å². The Balaban J connectivity index is 0.795. The molecule has 3 atom stereocenters. The molecule has 1 aromatic heterocycles. The molecule has 5 N–H and O–H groups in total. The van der Waals surface area contributed by atoms with Gasteiger partial charge in [-0.05, 0) is 68.0 Å². The van der Waals surface area contributed by atoms with Crippen molar-refractivity contribution in [3.8, 4) is 22.6 Å². The van der Waals surface area contributed by atoms with Crippen LogP contribution in [-0.2, 0) is 27.0 Å². The number of imide groups is 1. The van der Waals surface area contributed by atoms with Crippen LogP contribution in [0.4, 0.5) is 14.5 Å². The molecule has 0 saturated carbocycles. The average molecular weight is 939 g/mol. The highest BCUT2D eigenvalue weighted by Gasteiger charge is 2.50. The third kappa shape index (κ3) is 9.71. The van der Waals surface area contributed by atoms with E-state index in [0.717, 1.165) is 80.1 Å². The molecule has 3 aliphatic heterocycles. The van der Waals surface area contributed by atoms with Gasteiger partial charge in [0.1, 0.15) is 11.6 Å². The lowest BCUT2D eigenvalue weighted by Gasteiger charge is -2.38. The third-order valence-corrected chi connectivity index (χ3v) is 14.2. The van der Waals surface area contributed by atoms with Crippen molar-refractivity contribution in [2.24, 2.45) is 12.8 Å². The second kappa shape index (κ2) is 20.4. The van der Waals surface area contributed by atoms with E-state index < -0.39 is 35.0 Å². The number of primary amides is 1. The Kier molecular flexibility index (Phi) is 14.5. The summed E-state index contributed by atoms with van der Waals surface area (Å²) in [7, 11) is 3.16. The Morgan fingerprint density at radius 2 is 1.70 bits per heavy atom. The lowest BCUT2D eigenvalue weighted by atomic mass is 9.77. The molecule has 5 aromatic rings. The molecule has 2 fully saturated rings. The summed E-state index contributed by atoms with van der Waals surface area (Å²) >= 11 is 6.67. The standard InChI is InChI=1S/C51H58ClF2N7O6/c1-30-43-40(28-37(53)46(52)45(43)44-35(49(55)64)18-20-39(66-3)47(44)54)67-51(30,31-13-9-8-10-14-31)29-57-32-22-25-61(26-23-32)42(63)15-11-6-4-5-7-12-24-56-33-16-17-34-38(27-33)60(2)59-48(34)36-19-21-41(62)58-50(36)65/h8-10,13-14,16-18,20,27-28,30,32,36,56-57H,4-7,11-12,15,19,21-26,29H2,1-3H3,(H2,55,64)(H,58,62,65)/t30-,36?,51-/m0/s1. The lowest BCUT2D eigenvalue weighted by molar-refractivity contribution is -0.134. The predicted octanol–water partition coefficient (Wildman–Crippen LogP) is 8.61. The second-order valence-electron chi connectivity index (χ2n) is 18.0. The summed E-state index contributed by atoms with van der Waals surface area (Å²) in [5, 5.41) is 14.8. The average Bonchev–Trinajstić information content (AvgIpc) is 3.80. The highest BCUT2D eigenvalue weighted by Crippen LogP contribution is 2.56. The van der Waals surface area contributed by atoms with Gasteiger partial charge in [0.05, 0.1) is 34.8 Å². The number of nitrogens with two attached hydrogens (primary N) is 1. The van der Waals surface area contributed by atoms with Gasteiger partial charge in [0.25, 0.3) is 0 Å². The molecule has 4 amide bonds. The molecule has 2 saturated heterocycles. The van der Waals surface area contributed by atoms with E-state index in [0.29, 0.717) is 50.2 Å². The molecule has 1 unspecified atom stereocenters. The molecule has 4 heterocycles. The van der Waals surface area contributed by atoms with Gasteiger partial charge in [0.2, 0.25) is 23.6 Å². The Bertz CT molecular complexity index is 2670. The number of nitrogens with zero attached hydrogens (tertiary/aromatic N) is 3. The maximum absolute atomic E-state index is 16.2. The van der Waals surface area contributed by atoms with Crippen molar-refractivity contribution in [1.29, 1.82) is 0 Å². The van der Waals surface area contributed by atoms with Crippen LogP contribution in [0.3, 0.4) is 0 Å². The van der Waals surface area contributed by atoms with Gasteiger partial charge < -0.3 is 30.7 Å². The van der Waals surface area contributed by atoms with Crippen LogP contribution in [0.1, 0.15) is 117 Å². The first kappa shape index (κ1) is 47.4. The molecule has 0 radical (unpaired) electrons. The molecule has 354 valence electrons. The minimum Gasteiger partial charge on any atom is -0.494 e. The maximum atomic E-state index is 16.2. The summed E-state index contributed by atoms with van der Waals surface area (Å²) in [6.07, 6.45) is 8.90. The van der Waals surface area contributed by atoms with Crippen LogP contribution in [0.15, 0.2) is 66.7 Å². The normalized spacial score (nSPS) is 19.6. The zero-order chi connectivity index (χ0) is 47.4. The smallest absolute Gasteiger partial charge is 0.249 e. The summed E-state index contributed by atoms with van der Waals surface area (Å²) in [6.45, 7) is 4.33. The molecule has 67 heavy (non-hydrogen) atoms. The SMILES string of the molecule is COc1ccc(C(N)=O)c(-c2c(Cl)c(F)cc3c2[C@H](C)[C@@](CNC2CCN(C(=O)CCCCCCCCNc4ccc5c(C6CCC(=O)NC6=O)nn(C)c5c4)CC2)(c2ccccc2)O3)c1F. The van der Waals surface area contributed by atoms with Crippen molar-refractivity contribution < 1.29 is 37.4 Å². The van der Waals surface area contributed by atoms with E-state index in [-0.39, 0.29) is 57.0 Å². The van der Waals surface area contributed by atoms with Crippen molar-refractivity contribution >= 4 is 51.8 Å². The number of nitrogens with one attached hydrogen (secondary N) is 3. The molecule has 0 aliphatic carbocycles. The van der Waals surface area contributed by atoms with Crippen LogP contribution in [0.25, 0.3) is 22.0 Å². The fourth-order valence-corrected chi connectivity index (χ4v) is 10.4. The van der Waals surface area contributed by atoms with Crippen LogP contribution < -0.4 is 31.2 Å². The van der Waals surface area contributed by atoms with Gasteiger partial charge >= 0.3 is 0 Å². The fraction of sp³-hybridized carbons (Fsp3) is 0.431. The van der Waals surface area contributed by atoms with Gasteiger partial charge in [-0.15, -0.1) is 0 Å². The first-order valence-electron chi connectivity index (χ1n) is 23.3. The van der Waals surface area contributed by atoms with Crippen LogP contribution in [-0.4, -0.2) is 77.6 Å². The van der Waals surface area contributed by atoms with Crippen molar-refractivity contribution in [2.75, 3.05) is 38.6 Å². The number of likely N-dealkylation sites (tertiary alicyclic amines) is 1. The monoisotopic (exact) mass is 937 g/mol. The van der Waals surface area contributed by atoms with E-state index in [1.165, 1.54) is 25.3 Å².